The topological polar surface area (TPSA) is 55.1 Å². The number of hydrogen-bond acceptors (Lipinski definition) is 3. The van der Waals surface area contributed by atoms with Gasteiger partial charge >= 0.3 is 0 Å². The molecule has 0 radical (unpaired) electrons. The number of carbonyl (C=O) groups is 1. The lowest BCUT2D eigenvalue weighted by Gasteiger charge is -2.16. The average Bonchev–Trinajstić information content (AvgIpc) is 2.28. The number of hydrogen-bond donors (Lipinski definition) is 2. The maximum Gasteiger partial charge on any atom is 0.231 e. The lowest BCUT2D eigenvalue weighted by atomic mass is 10.1. The summed E-state index contributed by atoms with van der Waals surface area (Å²) >= 11 is 1.93. The Labute approximate surface area is 99.8 Å². The van der Waals surface area contributed by atoms with Crippen LogP contribution in [0.25, 0.3) is 0 Å². The van der Waals surface area contributed by atoms with Gasteiger partial charge in [0.05, 0.1) is 6.54 Å². The van der Waals surface area contributed by atoms with Crippen molar-refractivity contribution in [2.45, 2.75) is 24.3 Å². The molecule has 1 aromatic carbocycles. The molecule has 0 bridgehead atoms. The summed E-state index contributed by atoms with van der Waals surface area (Å²) in [5.41, 5.74) is 7.73. The van der Waals surface area contributed by atoms with Gasteiger partial charge in [-0.05, 0) is 35.8 Å². The number of aryl methyl sites for hydroxylation is 1. The average molecular weight is 236 g/mol. The van der Waals surface area contributed by atoms with Crippen LogP contribution in [-0.4, -0.2) is 18.2 Å². The predicted octanol–water partition coefficient (Wildman–Crippen LogP) is 1.30. The van der Waals surface area contributed by atoms with Crippen LogP contribution in [-0.2, 0) is 17.8 Å². The van der Waals surface area contributed by atoms with Gasteiger partial charge in [-0.25, -0.2) is 0 Å². The van der Waals surface area contributed by atoms with Crippen molar-refractivity contribution in [3.63, 3.8) is 0 Å². The third-order valence-electron chi connectivity index (χ3n) is 2.60. The Morgan fingerprint density at radius 2 is 2.38 bits per heavy atom. The van der Waals surface area contributed by atoms with Crippen LogP contribution in [0.5, 0.6) is 0 Å². The first kappa shape index (κ1) is 11.5. The van der Waals surface area contributed by atoms with E-state index in [9.17, 15) is 4.79 Å². The van der Waals surface area contributed by atoms with E-state index in [2.05, 4.69) is 23.5 Å². The second-order valence-corrected chi connectivity index (χ2v) is 5.10. The lowest BCUT2D eigenvalue weighted by molar-refractivity contribution is -0.117. The second-order valence-electron chi connectivity index (χ2n) is 3.96. The highest BCUT2D eigenvalue weighted by Crippen LogP contribution is 2.30. The Morgan fingerprint density at radius 3 is 3.19 bits per heavy atom. The van der Waals surface area contributed by atoms with Gasteiger partial charge in [0.15, 0.2) is 0 Å². The summed E-state index contributed by atoms with van der Waals surface area (Å²) < 4.78 is 0. The monoisotopic (exact) mass is 236 g/mol. The van der Waals surface area contributed by atoms with Crippen LogP contribution in [0.4, 0.5) is 0 Å². The molecule has 4 heteroatoms. The highest BCUT2D eigenvalue weighted by atomic mass is 32.2. The minimum atomic E-state index is -0.312. The Morgan fingerprint density at radius 1 is 1.50 bits per heavy atom. The van der Waals surface area contributed by atoms with Crippen molar-refractivity contribution in [2.24, 2.45) is 5.73 Å². The van der Waals surface area contributed by atoms with Gasteiger partial charge in [0.1, 0.15) is 0 Å². The second kappa shape index (κ2) is 5.37. The molecule has 1 heterocycles. The number of amides is 1. The molecule has 0 aliphatic carbocycles. The maximum atomic E-state index is 10.6. The third kappa shape index (κ3) is 3.00. The summed E-state index contributed by atoms with van der Waals surface area (Å²) in [7, 11) is 0. The highest BCUT2D eigenvalue weighted by molar-refractivity contribution is 7.99. The molecular weight excluding hydrogens is 220 g/mol. The molecule has 3 nitrogen and oxygen atoms in total. The summed E-state index contributed by atoms with van der Waals surface area (Å²) in [5, 5.41) is 3.03. The van der Waals surface area contributed by atoms with Crippen LogP contribution in [0.1, 0.15) is 17.5 Å². The van der Waals surface area contributed by atoms with Gasteiger partial charge in [0, 0.05) is 11.4 Å². The number of benzene rings is 1. The van der Waals surface area contributed by atoms with Crippen molar-refractivity contribution < 1.29 is 4.79 Å². The number of carbonyl (C=O) groups excluding carboxylic acids is 1. The highest BCUT2D eigenvalue weighted by Gasteiger charge is 2.09. The number of primary amides is 1. The summed E-state index contributed by atoms with van der Waals surface area (Å²) in [6.45, 7) is 0.951. The largest absolute Gasteiger partial charge is 0.369 e. The van der Waals surface area contributed by atoms with Crippen LogP contribution < -0.4 is 11.1 Å². The zero-order chi connectivity index (χ0) is 11.4. The number of thioether (sulfide) groups is 1. The van der Waals surface area contributed by atoms with E-state index in [1.54, 1.807) is 0 Å². The van der Waals surface area contributed by atoms with Crippen molar-refractivity contribution in [1.82, 2.24) is 5.32 Å². The van der Waals surface area contributed by atoms with E-state index in [4.69, 9.17) is 5.73 Å². The van der Waals surface area contributed by atoms with Crippen molar-refractivity contribution in [3.05, 3.63) is 29.3 Å². The van der Waals surface area contributed by atoms with Gasteiger partial charge in [-0.15, -0.1) is 11.8 Å². The molecule has 0 saturated heterocycles. The van der Waals surface area contributed by atoms with Crippen LogP contribution >= 0.6 is 11.8 Å². The van der Waals surface area contributed by atoms with E-state index in [1.807, 2.05) is 11.8 Å². The fourth-order valence-corrected chi connectivity index (χ4v) is 2.87. The van der Waals surface area contributed by atoms with Crippen LogP contribution in [0.15, 0.2) is 23.1 Å². The molecule has 0 unspecified atom stereocenters. The molecule has 0 aromatic heterocycles. The molecule has 86 valence electrons. The number of nitrogens with two attached hydrogens (primary N) is 1. The van der Waals surface area contributed by atoms with Crippen molar-refractivity contribution in [2.75, 3.05) is 12.3 Å². The fraction of sp³-hybridized carbons (Fsp3) is 0.417. The maximum absolute atomic E-state index is 10.6. The third-order valence-corrected chi connectivity index (χ3v) is 3.80. The number of nitrogens with one attached hydrogen (secondary N) is 1. The Hall–Kier alpha value is -1.00. The zero-order valence-corrected chi connectivity index (χ0v) is 9.98. The van der Waals surface area contributed by atoms with Gasteiger partial charge in [0.25, 0.3) is 0 Å². The first-order chi connectivity index (χ1) is 7.75. The van der Waals surface area contributed by atoms with Gasteiger partial charge in [-0.3, -0.25) is 4.79 Å². The Kier molecular flexibility index (Phi) is 3.85. The molecule has 1 aliphatic rings. The standard InChI is InChI=1S/C12H16N2OS/c13-12(15)8-14-7-9-3-4-11-10(6-9)2-1-5-16-11/h3-4,6,14H,1-2,5,7-8H2,(H2,13,15). The summed E-state index contributed by atoms with van der Waals surface area (Å²) in [6, 6.07) is 6.53. The Bertz CT molecular complexity index is 393. The molecule has 2 rings (SSSR count). The van der Waals surface area contributed by atoms with Crippen molar-refractivity contribution in [3.8, 4) is 0 Å². The molecule has 3 N–H and O–H groups in total. The first-order valence-corrected chi connectivity index (χ1v) is 6.48. The van der Waals surface area contributed by atoms with Crippen molar-refractivity contribution >= 4 is 17.7 Å². The van der Waals surface area contributed by atoms with E-state index in [0.29, 0.717) is 6.54 Å². The van der Waals surface area contributed by atoms with E-state index >= 15 is 0 Å². The van der Waals surface area contributed by atoms with Crippen molar-refractivity contribution in [1.29, 1.82) is 0 Å². The predicted molar refractivity (Wildman–Crippen MR) is 66.4 cm³/mol. The lowest BCUT2D eigenvalue weighted by Crippen LogP contribution is -2.28. The van der Waals surface area contributed by atoms with Gasteiger partial charge in [-0.1, -0.05) is 12.1 Å². The SMILES string of the molecule is NC(=O)CNCc1ccc2c(c1)CCCS2. The van der Waals surface area contributed by atoms with E-state index in [0.717, 1.165) is 0 Å². The minimum Gasteiger partial charge on any atom is -0.369 e. The van der Waals surface area contributed by atoms with Gasteiger partial charge in [-0.2, -0.15) is 0 Å². The minimum absolute atomic E-state index is 0.242. The molecule has 0 saturated carbocycles. The van der Waals surface area contributed by atoms with Crippen LogP contribution in [0.3, 0.4) is 0 Å². The summed E-state index contributed by atoms with van der Waals surface area (Å²) in [4.78, 5) is 12.0. The quantitative estimate of drug-likeness (QED) is 0.828. The van der Waals surface area contributed by atoms with Crippen LogP contribution in [0.2, 0.25) is 0 Å². The molecular formula is C12H16N2OS. The van der Waals surface area contributed by atoms with Crippen LogP contribution in [0, 0.1) is 0 Å². The first-order valence-electron chi connectivity index (χ1n) is 5.49. The molecule has 1 aliphatic heterocycles. The summed E-state index contributed by atoms with van der Waals surface area (Å²) in [5.74, 6) is 0.917. The fourth-order valence-electron chi connectivity index (χ4n) is 1.85. The van der Waals surface area contributed by atoms with E-state index < -0.39 is 0 Å². The molecule has 1 aromatic rings. The molecule has 0 fully saturated rings. The number of fused-ring (bicyclic) bond motifs is 1. The van der Waals surface area contributed by atoms with E-state index in [-0.39, 0.29) is 12.5 Å². The van der Waals surface area contributed by atoms with Gasteiger partial charge < -0.3 is 11.1 Å². The van der Waals surface area contributed by atoms with E-state index in [1.165, 1.54) is 34.6 Å². The molecule has 16 heavy (non-hydrogen) atoms. The number of rotatable bonds is 4. The zero-order valence-electron chi connectivity index (χ0n) is 9.16. The smallest absolute Gasteiger partial charge is 0.231 e. The summed E-state index contributed by atoms with van der Waals surface area (Å²) in [6.07, 6.45) is 2.43. The normalized spacial score (nSPS) is 14.5. The molecule has 0 atom stereocenters. The Balaban J connectivity index is 1.97. The molecule has 0 spiro atoms. The molecule has 1 amide bonds. The van der Waals surface area contributed by atoms with Gasteiger partial charge in [0.2, 0.25) is 5.91 Å².